The number of imidazole rings is 1. The van der Waals surface area contributed by atoms with Crippen LogP contribution in [0.5, 0.6) is 0 Å². The Morgan fingerprint density at radius 1 is 1.44 bits per heavy atom. The van der Waals surface area contributed by atoms with Gasteiger partial charge in [0.2, 0.25) is 0 Å². The van der Waals surface area contributed by atoms with Gasteiger partial charge in [0.15, 0.2) is 0 Å². The number of halogens is 1. The highest BCUT2D eigenvalue weighted by atomic mass is 19.1. The Hall–Kier alpha value is -1.46. The number of nitrogens with zero attached hydrogens (tertiary/aromatic N) is 2. The quantitative estimate of drug-likeness (QED) is 0.829. The first-order chi connectivity index (χ1) is 8.63. The summed E-state index contributed by atoms with van der Waals surface area (Å²) < 4.78 is 20.7. The summed E-state index contributed by atoms with van der Waals surface area (Å²) >= 11 is 0. The van der Waals surface area contributed by atoms with Gasteiger partial charge in [0, 0.05) is 12.6 Å². The van der Waals surface area contributed by atoms with Gasteiger partial charge >= 0.3 is 0 Å². The van der Waals surface area contributed by atoms with Crippen LogP contribution >= 0.6 is 0 Å². The first-order valence-corrected chi connectivity index (χ1v) is 6.07. The third-order valence-corrected chi connectivity index (χ3v) is 2.73. The first-order valence-electron chi connectivity index (χ1n) is 6.07. The molecule has 0 aliphatic rings. The highest BCUT2D eigenvalue weighted by molar-refractivity contribution is 5.76. The van der Waals surface area contributed by atoms with E-state index in [1.807, 2.05) is 18.4 Å². The molecular formula is C13H18FN3O. The van der Waals surface area contributed by atoms with Crippen LogP contribution in [0.15, 0.2) is 18.2 Å². The van der Waals surface area contributed by atoms with Gasteiger partial charge in [-0.3, -0.25) is 0 Å². The molecule has 2 N–H and O–H groups in total. The largest absolute Gasteiger partial charge is 0.372 e. The lowest BCUT2D eigenvalue weighted by atomic mass is 10.3. The molecule has 0 atom stereocenters. The summed E-state index contributed by atoms with van der Waals surface area (Å²) in [4.78, 5) is 4.48. The van der Waals surface area contributed by atoms with Crippen LogP contribution in [0.1, 0.15) is 25.7 Å². The van der Waals surface area contributed by atoms with Crippen molar-refractivity contribution in [2.75, 3.05) is 13.2 Å². The summed E-state index contributed by atoms with van der Waals surface area (Å²) in [5.41, 5.74) is 6.97. The lowest BCUT2D eigenvalue weighted by Gasteiger charge is -2.13. The van der Waals surface area contributed by atoms with Crippen LogP contribution in [-0.4, -0.2) is 22.7 Å². The third kappa shape index (κ3) is 2.52. The molecule has 5 heteroatoms. The van der Waals surface area contributed by atoms with Crippen LogP contribution in [0, 0.1) is 5.82 Å². The molecule has 0 saturated heterocycles. The number of fused-ring (bicyclic) bond motifs is 1. The zero-order chi connectivity index (χ0) is 13.1. The highest BCUT2D eigenvalue weighted by Gasteiger charge is 2.13. The van der Waals surface area contributed by atoms with Crippen LogP contribution in [0.2, 0.25) is 0 Å². The van der Waals surface area contributed by atoms with E-state index in [4.69, 9.17) is 10.5 Å². The van der Waals surface area contributed by atoms with Crippen molar-refractivity contribution in [3.05, 3.63) is 29.8 Å². The minimum absolute atomic E-state index is 0.202. The first kappa shape index (κ1) is 13.0. The summed E-state index contributed by atoms with van der Waals surface area (Å²) in [6.45, 7) is 5.45. The number of aromatic nitrogens is 2. The fourth-order valence-corrected chi connectivity index (χ4v) is 2.04. The van der Waals surface area contributed by atoms with Crippen molar-refractivity contribution in [2.24, 2.45) is 5.73 Å². The zero-order valence-corrected chi connectivity index (χ0v) is 10.7. The van der Waals surface area contributed by atoms with E-state index in [0.29, 0.717) is 19.8 Å². The van der Waals surface area contributed by atoms with E-state index >= 15 is 0 Å². The highest BCUT2D eigenvalue weighted by Crippen LogP contribution is 2.22. The lowest BCUT2D eigenvalue weighted by molar-refractivity contribution is 0.119. The SMILES string of the molecule is CC(C)n1c(COCCN)nc2ccc(F)cc21. The summed E-state index contributed by atoms with van der Waals surface area (Å²) in [5.74, 6) is 0.553. The minimum Gasteiger partial charge on any atom is -0.372 e. The molecule has 1 aromatic heterocycles. The molecule has 0 spiro atoms. The van der Waals surface area contributed by atoms with Crippen molar-refractivity contribution >= 4 is 11.0 Å². The van der Waals surface area contributed by atoms with Gasteiger partial charge in [-0.05, 0) is 32.0 Å². The number of hydrogen-bond donors (Lipinski definition) is 1. The average Bonchev–Trinajstić information content (AvgIpc) is 2.67. The molecular weight excluding hydrogens is 233 g/mol. The summed E-state index contributed by atoms with van der Waals surface area (Å²) in [6, 6.07) is 4.82. The van der Waals surface area contributed by atoms with E-state index in [1.165, 1.54) is 12.1 Å². The van der Waals surface area contributed by atoms with E-state index in [9.17, 15) is 4.39 Å². The van der Waals surface area contributed by atoms with Crippen LogP contribution in [0.4, 0.5) is 4.39 Å². The maximum Gasteiger partial charge on any atom is 0.136 e. The lowest BCUT2D eigenvalue weighted by Crippen LogP contribution is -2.12. The topological polar surface area (TPSA) is 53.1 Å². The van der Waals surface area contributed by atoms with Crippen LogP contribution < -0.4 is 5.73 Å². The predicted molar refractivity (Wildman–Crippen MR) is 68.8 cm³/mol. The van der Waals surface area contributed by atoms with Gasteiger partial charge in [-0.2, -0.15) is 0 Å². The van der Waals surface area contributed by atoms with E-state index < -0.39 is 0 Å². The molecule has 0 radical (unpaired) electrons. The van der Waals surface area contributed by atoms with E-state index in [1.54, 1.807) is 6.07 Å². The maximum absolute atomic E-state index is 13.3. The molecule has 18 heavy (non-hydrogen) atoms. The van der Waals surface area contributed by atoms with Gasteiger partial charge in [-0.1, -0.05) is 0 Å². The molecule has 0 amide bonds. The Morgan fingerprint density at radius 3 is 2.89 bits per heavy atom. The molecule has 0 aliphatic carbocycles. The molecule has 1 heterocycles. The van der Waals surface area contributed by atoms with E-state index in [-0.39, 0.29) is 11.9 Å². The molecule has 2 rings (SSSR count). The van der Waals surface area contributed by atoms with Crippen molar-refractivity contribution in [3.8, 4) is 0 Å². The Balaban J connectivity index is 2.41. The standard InChI is InChI=1S/C13H18FN3O/c1-9(2)17-12-7-10(14)3-4-11(12)16-13(17)8-18-6-5-15/h3-4,7,9H,5-6,8,15H2,1-2H3. The van der Waals surface area contributed by atoms with Gasteiger partial charge in [0.1, 0.15) is 18.2 Å². The van der Waals surface area contributed by atoms with E-state index in [2.05, 4.69) is 4.98 Å². The third-order valence-electron chi connectivity index (χ3n) is 2.73. The molecule has 1 aromatic carbocycles. The monoisotopic (exact) mass is 251 g/mol. The van der Waals surface area contributed by atoms with Gasteiger partial charge in [-0.25, -0.2) is 9.37 Å². The second-order valence-corrected chi connectivity index (χ2v) is 4.47. The van der Waals surface area contributed by atoms with Crippen molar-refractivity contribution in [1.29, 1.82) is 0 Å². The molecule has 2 aromatic rings. The van der Waals surface area contributed by atoms with E-state index in [0.717, 1.165) is 16.9 Å². The van der Waals surface area contributed by atoms with Crippen molar-refractivity contribution in [1.82, 2.24) is 9.55 Å². The smallest absolute Gasteiger partial charge is 0.136 e. The van der Waals surface area contributed by atoms with Crippen molar-refractivity contribution in [2.45, 2.75) is 26.5 Å². The molecule has 0 aliphatic heterocycles. The van der Waals surface area contributed by atoms with Gasteiger partial charge < -0.3 is 15.0 Å². The second kappa shape index (κ2) is 5.46. The van der Waals surface area contributed by atoms with Crippen LogP contribution in [0.25, 0.3) is 11.0 Å². The summed E-state index contributed by atoms with van der Waals surface area (Å²) in [5, 5.41) is 0. The molecule has 4 nitrogen and oxygen atoms in total. The Morgan fingerprint density at radius 2 is 2.22 bits per heavy atom. The summed E-state index contributed by atoms with van der Waals surface area (Å²) in [6.07, 6.45) is 0. The fraction of sp³-hybridized carbons (Fsp3) is 0.462. The Labute approximate surface area is 106 Å². The van der Waals surface area contributed by atoms with Crippen LogP contribution in [0.3, 0.4) is 0 Å². The molecule has 98 valence electrons. The number of nitrogens with two attached hydrogens (primary N) is 1. The maximum atomic E-state index is 13.3. The Kier molecular flexibility index (Phi) is 3.93. The Bertz CT molecular complexity index is 536. The second-order valence-electron chi connectivity index (χ2n) is 4.47. The number of rotatable bonds is 5. The van der Waals surface area contributed by atoms with Crippen molar-refractivity contribution in [3.63, 3.8) is 0 Å². The normalized spacial score (nSPS) is 11.6. The summed E-state index contributed by atoms with van der Waals surface area (Å²) in [7, 11) is 0. The van der Waals surface area contributed by atoms with Crippen molar-refractivity contribution < 1.29 is 9.13 Å². The predicted octanol–water partition coefficient (Wildman–Crippen LogP) is 2.23. The number of ether oxygens (including phenoxy) is 1. The van der Waals surface area contributed by atoms with Gasteiger partial charge in [0.25, 0.3) is 0 Å². The van der Waals surface area contributed by atoms with Gasteiger partial charge in [0.05, 0.1) is 17.6 Å². The zero-order valence-electron chi connectivity index (χ0n) is 10.7. The average molecular weight is 251 g/mol. The number of hydrogen-bond acceptors (Lipinski definition) is 3. The molecule has 0 fully saturated rings. The van der Waals surface area contributed by atoms with Crippen LogP contribution in [-0.2, 0) is 11.3 Å². The molecule has 0 unspecified atom stereocenters. The molecule has 0 bridgehead atoms. The minimum atomic E-state index is -0.251. The molecule has 0 saturated carbocycles. The van der Waals surface area contributed by atoms with Gasteiger partial charge in [-0.15, -0.1) is 0 Å². The fourth-order valence-electron chi connectivity index (χ4n) is 2.04. The number of benzene rings is 1.